The van der Waals surface area contributed by atoms with Crippen LogP contribution in [0.25, 0.3) is 0 Å². The first kappa shape index (κ1) is 14.7. The van der Waals surface area contributed by atoms with Crippen LogP contribution in [0.4, 0.5) is 0 Å². The summed E-state index contributed by atoms with van der Waals surface area (Å²) in [4.78, 5) is 4.60. The molecule has 1 N–H and O–H groups in total. The van der Waals surface area contributed by atoms with Crippen LogP contribution in [0.5, 0.6) is 0 Å². The summed E-state index contributed by atoms with van der Waals surface area (Å²) in [5, 5.41) is 3.58. The summed E-state index contributed by atoms with van der Waals surface area (Å²) in [6, 6.07) is 11.2. The molecule has 2 rings (SSSR count). The largest absolute Gasteiger partial charge is 0.306 e. The van der Waals surface area contributed by atoms with E-state index < -0.39 is 0 Å². The van der Waals surface area contributed by atoms with E-state index in [1.165, 1.54) is 22.3 Å². The molecule has 0 aliphatic heterocycles. The van der Waals surface area contributed by atoms with Crippen molar-refractivity contribution in [3.8, 4) is 0 Å². The summed E-state index contributed by atoms with van der Waals surface area (Å²) in [5.74, 6) is 0. The molecular weight excluding hydrogens is 244 g/mol. The zero-order valence-electron chi connectivity index (χ0n) is 13.1. The van der Waals surface area contributed by atoms with Gasteiger partial charge in [-0.1, -0.05) is 31.2 Å². The Labute approximate surface area is 122 Å². The first-order valence-electron chi connectivity index (χ1n) is 7.27. The van der Waals surface area contributed by atoms with Crippen LogP contribution in [-0.4, -0.2) is 11.5 Å². The average Bonchev–Trinajstić information content (AvgIpc) is 2.40. The van der Waals surface area contributed by atoms with Crippen molar-refractivity contribution in [3.05, 3.63) is 64.0 Å². The average molecular weight is 268 g/mol. The van der Waals surface area contributed by atoms with E-state index in [-0.39, 0.29) is 6.04 Å². The minimum Gasteiger partial charge on any atom is -0.306 e. The second kappa shape index (κ2) is 6.19. The first-order chi connectivity index (χ1) is 9.52. The van der Waals surface area contributed by atoms with E-state index in [9.17, 15) is 0 Å². The van der Waals surface area contributed by atoms with Crippen LogP contribution in [0.1, 0.15) is 46.6 Å². The molecule has 0 aliphatic carbocycles. The van der Waals surface area contributed by atoms with Crippen molar-refractivity contribution in [2.24, 2.45) is 0 Å². The van der Waals surface area contributed by atoms with Crippen molar-refractivity contribution < 1.29 is 0 Å². The van der Waals surface area contributed by atoms with Gasteiger partial charge < -0.3 is 5.32 Å². The molecule has 2 nitrogen and oxygen atoms in total. The highest BCUT2D eigenvalue weighted by Gasteiger charge is 2.16. The maximum atomic E-state index is 4.60. The minimum absolute atomic E-state index is 0.215. The number of rotatable bonds is 4. The van der Waals surface area contributed by atoms with Gasteiger partial charge in [-0.05, 0) is 62.6 Å². The maximum absolute atomic E-state index is 4.60. The molecule has 0 saturated carbocycles. The van der Waals surface area contributed by atoms with Crippen molar-refractivity contribution in [1.82, 2.24) is 10.3 Å². The summed E-state index contributed by atoms with van der Waals surface area (Å²) in [6.45, 7) is 11.5. The molecule has 1 atom stereocenters. The smallest absolute Gasteiger partial charge is 0.0594 e. The number of nitrogens with one attached hydrogen (secondary N) is 1. The van der Waals surface area contributed by atoms with Crippen LogP contribution in [0.15, 0.2) is 30.3 Å². The molecule has 1 aromatic carbocycles. The lowest BCUT2D eigenvalue weighted by molar-refractivity contribution is 0.624. The maximum Gasteiger partial charge on any atom is 0.0594 e. The van der Waals surface area contributed by atoms with E-state index >= 15 is 0 Å². The van der Waals surface area contributed by atoms with E-state index in [1.807, 2.05) is 6.92 Å². The fourth-order valence-electron chi connectivity index (χ4n) is 2.56. The third-order valence-electron chi connectivity index (χ3n) is 3.85. The molecule has 0 amide bonds. The van der Waals surface area contributed by atoms with E-state index in [0.717, 1.165) is 17.9 Å². The van der Waals surface area contributed by atoms with Gasteiger partial charge in [0.25, 0.3) is 0 Å². The zero-order chi connectivity index (χ0) is 14.7. The second-order valence-corrected chi connectivity index (χ2v) is 5.46. The number of aryl methyl sites for hydroxylation is 4. The Kier molecular flexibility index (Phi) is 4.56. The van der Waals surface area contributed by atoms with Gasteiger partial charge in [0.1, 0.15) is 0 Å². The summed E-state index contributed by atoms with van der Waals surface area (Å²) >= 11 is 0. The molecule has 2 aromatic rings. The predicted octanol–water partition coefficient (Wildman–Crippen LogP) is 4.01. The zero-order valence-corrected chi connectivity index (χ0v) is 13.1. The molecule has 0 aliphatic rings. The molecule has 2 heteroatoms. The van der Waals surface area contributed by atoms with Gasteiger partial charge in [0.15, 0.2) is 0 Å². The SMILES string of the molecule is CCNC(c1ccc(C)c(C)c1)c1ccc(C)nc1C. The van der Waals surface area contributed by atoms with Gasteiger partial charge in [0.2, 0.25) is 0 Å². The quantitative estimate of drug-likeness (QED) is 0.906. The van der Waals surface area contributed by atoms with Gasteiger partial charge in [0, 0.05) is 11.4 Å². The molecule has 0 spiro atoms. The minimum atomic E-state index is 0.215. The Morgan fingerprint density at radius 2 is 1.75 bits per heavy atom. The molecule has 0 bridgehead atoms. The molecule has 0 radical (unpaired) electrons. The third-order valence-corrected chi connectivity index (χ3v) is 3.85. The summed E-state index contributed by atoms with van der Waals surface area (Å²) in [6.07, 6.45) is 0. The third kappa shape index (κ3) is 3.07. The van der Waals surface area contributed by atoms with Crippen molar-refractivity contribution >= 4 is 0 Å². The monoisotopic (exact) mass is 268 g/mol. The fraction of sp³-hybridized carbons (Fsp3) is 0.389. The van der Waals surface area contributed by atoms with Crippen molar-refractivity contribution in [3.63, 3.8) is 0 Å². The number of benzene rings is 1. The van der Waals surface area contributed by atoms with Crippen molar-refractivity contribution in [2.45, 2.75) is 40.7 Å². The van der Waals surface area contributed by atoms with E-state index in [2.05, 4.69) is 68.3 Å². The highest BCUT2D eigenvalue weighted by molar-refractivity contribution is 5.38. The molecule has 0 saturated heterocycles. The van der Waals surface area contributed by atoms with E-state index in [1.54, 1.807) is 0 Å². The highest BCUT2D eigenvalue weighted by atomic mass is 14.9. The molecule has 0 fully saturated rings. The standard InChI is InChI=1S/C18H24N2/c1-6-19-18(16-9-7-12(2)13(3)11-16)17-10-8-14(4)20-15(17)5/h7-11,18-19H,6H2,1-5H3. The molecule has 1 unspecified atom stereocenters. The van der Waals surface area contributed by atoms with Crippen molar-refractivity contribution in [1.29, 1.82) is 0 Å². The molecule has 20 heavy (non-hydrogen) atoms. The lowest BCUT2D eigenvalue weighted by Crippen LogP contribution is -2.23. The fourth-order valence-corrected chi connectivity index (χ4v) is 2.56. The normalized spacial score (nSPS) is 12.4. The predicted molar refractivity (Wildman–Crippen MR) is 85.1 cm³/mol. The lowest BCUT2D eigenvalue weighted by Gasteiger charge is -2.21. The van der Waals surface area contributed by atoms with Gasteiger partial charge in [-0.15, -0.1) is 0 Å². The molecule has 106 valence electrons. The Hall–Kier alpha value is -1.67. The molecular formula is C18H24N2. The Balaban J connectivity index is 2.47. The van der Waals surface area contributed by atoms with Crippen molar-refractivity contribution in [2.75, 3.05) is 6.54 Å². The van der Waals surface area contributed by atoms with Crippen LogP contribution in [0.2, 0.25) is 0 Å². The topological polar surface area (TPSA) is 24.9 Å². The van der Waals surface area contributed by atoms with Gasteiger partial charge in [-0.25, -0.2) is 0 Å². The number of nitrogens with zero attached hydrogens (tertiary/aromatic N) is 1. The van der Waals surface area contributed by atoms with Crippen LogP contribution in [0, 0.1) is 27.7 Å². The number of pyridine rings is 1. The van der Waals surface area contributed by atoms with Crippen LogP contribution < -0.4 is 5.32 Å². The Bertz CT molecular complexity index is 602. The van der Waals surface area contributed by atoms with Crippen LogP contribution >= 0.6 is 0 Å². The van der Waals surface area contributed by atoms with Gasteiger partial charge in [-0.3, -0.25) is 4.98 Å². The van der Waals surface area contributed by atoms with Crippen LogP contribution in [0.3, 0.4) is 0 Å². The first-order valence-corrected chi connectivity index (χ1v) is 7.27. The summed E-state index contributed by atoms with van der Waals surface area (Å²) in [7, 11) is 0. The second-order valence-electron chi connectivity index (χ2n) is 5.46. The molecule has 1 heterocycles. The summed E-state index contributed by atoms with van der Waals surface area (Å²) in [5.41, 5.74) is 7.42. The number of hydrogen-bond acceptors (Lipinski definition) is 2. The lowest BCUT2D eigenvalue weighted by atomic mass is 9.94. The Morgan fingerprint density at radius 1 is 1.00 bits per heavy atom. The summed E-state index contributed by atoms with van der Waals surface area (Å²) < 4.78 is 0. The van der Waals surface area contributed by atoms with Gasteiger partial charge in [0.05, 0.1) is 6.04 Å². The highest BCUT2D eigenvalue weighted by Crippen LogP contribution is 2.26. The number of hydrogen-bond donors (Lipinski definition) is 1. The van der Waals surface area contributed by atoms with Gasteiger partial charge in [-0.2, -0.15) is 0 Å². The number of aromatic nitrogens is 1. The van der Waals surface area contributed by atoms with Crippen LogP contribution in [-0.2, 0) is 0 Å². The molecule has 1 aromatic heterocycles. The Morgan fingerprint density at radius 3 is 2.35 bits per heavy atom. The van der Waals surface area contributed by atoms with E-state index in [0.29, 0.717) is 0 Å². The van der Waals surface area contributed by atoms with Gasteiger partial charge >= 0.3 is 0 Å². The van der Waals surface area contributed by atoms with E-state index in [4.69, 9.17) is 0 Å².